The van der Waals surface area contributed by atoms with Gasteiger partial charge >= 0.3 is 0 Å². The largest absolute Gasteiger partial charge is 0.363 e. The fourth-order valence-corrected chi connectivity index (χ4v) is 4.98. The molecule has 0 radical (unpaired) electrons. The highest BCUT2D eigenvalue weighted by Crippen LogP contribution is 2.43. The van der Waals surface area contributed by atoms with Crippen LogP contribution in [0.4, 0.5) is 16.0 Å². The van der Waals surface area contributed by atoms with Crippen LogP contribution in [0.1, 0.15) is 36.1 Å². The molecule has 1 aliphatic carbocycles. The molecule has 1 aromatic carbocycles. The van der Waals surface area contributed by atoms with Crippen LogP contribution in [-0.2, 0) is 23.3 Å². The summed E-state index contributed by atoms with van der Waals surface area (Å²) in [6.45, 7) is 2.81. The molecule has 0 bridgehead atoms. The van der Waals surface area contributed by atoms with Gasteiger partial charge in [0.25, 0.3) is 0 Å². The fraction of sp³-hybridized carbons (Fsp3) is 0.417. The topological polar surface area (TPSA) is 87.4 Å². The van der Waals surface area contributed by atoms with E-state index in [1.54, 1.807) is 23.2 Å². The van der Waals surface area contributed by atoms with Gasteiger partial charge in [-0.3, -0.25) is 9.69 Å². The maximum Gasteiger partial charge on any atom is 0.241 e. The molecule has 170 valence electrons. The zero-order valence-electron chi connectivity index (χ0n) is 18.2. The van der Waals surface area contributed by atoms with Gasteiger partial charge in [-0.1, -0.05) is 23.4 Å². The van der Waals surface area contributed by atoms with Crippen LogP contribution < -0.4 is 10.2 Å². The number of carbonyl (C=O) groups is 1. The molecule has 1 spiro atoms. The summed E-state index contributed by atoms with van der Waals surface area (Å²) in [6, 6.07) is 6.79. The second kappa shape index (κ2) is 7.91. The molecule has 3 aromatic rings. The van der Waals surface area contributed by atoms with Gasteiger partial charge in [-0.15, -0.1) is 0 Å². The first-order chi connectivity index (χ1) is 16.1. The van der Waals surface area contributed by atoms with Crippen LogP contribution in [0.5, 0.6) is 0 Å². The Morgan fingerprint density at radius 2 is 2.12 bits per heavy atom. The minimum Gasteiger partial charge on any atom is -0.363 e. The number of aromatic nitrogens is 3. The van der Waals surface area contributed by atoms with E-state index >= 15 is 0 Å². The molecule has 9 heteroatoms. The Bertz CT molecular complexity index is 1180. The first kappa shape index (κ1) is 20.3. The molecule has 6 rings (SSSR count). The van der Waals surface area contributed by atoms with Gasteiger partial charge in [0.05, 0.1) is 18.4 Å². The van der Waals surface area contributed by atoms with Crippen LogP contribution in [0.15, 0.2) is 47.4 Å². The zero-order valence-corrected chi connectivity index (χ0v) is 18.2. The SMILES string of the molecule is O=C1N(c2cnoc2)Cc2cnc(NCC3CC3)nc2[C@@]12CCN(Cc1ccccc1F)C2. The number of nitrogens with one attached hydrogen (secondary N) is 1. The van der Waals surface area contributed by atoms with E-state index in [2.05, 4.69) is 20.4 Å². The summed E-state index contributed by atoms with van der Waals surface area (Å²) in [4.78, 5) is 27.2. The Hall–Kier alpha value is -3.33. The zero-order chi connectivity index (χ0) is 22.4. The van der Waals surface area contributed by atoms with Gasteiger partial charge in [0.15, 0.2) is 0 Å². The van der Waals surface area contributed by atoms with E-state index in [9.17, 15) is 9.18 Å². The third kappa shape index (κ3) is 3.66. The van der Waals surface area contributed by atoms with Gasteiger partial charge in [0, 0.05) is 43.5 Å². The summed E-state index contributed by atoms with van der Waals surface area (Å²) >= 11 is 0. The molecule has 33 heavy (non-hydrogen) atoms. The molecule has 2 aliphatic heterocycles. The molecule has 1 amide bonds. The van der Waals surface area contributed by atoms with Crippen LogP contribution in [0.25, 0.3) is 0 Å². The molecule has 3 aliphatic rings. The third-order valence-electron chi connectivity index (χ3n) is 6.98. The minimum absolute atomic E-state index is 0.0268. The fourth-order valence-electron chi connectivity index (χ4n) is 4.98. The van der Waals surface area contributed by atoms with Crippen molar-refractivity contribution < 1.29 is 13.7 Å². The maximum absolute atomic E-state index is 14.3. The summed E-state index contributed by atoms with van der Waals surface area (Å²) in [7, 11) is 0. The Balaban J connectivity index is 1.35. The minimum atomic E-state index is -0.824. The predicted octanol–water partition coefficient (Wildman–Crippen LogP) is 3.12. The Kier molecular flexibility index (Phi) is 4.86. The van der Waals surface area contributed by atoms with Crippen molar-refractivity contribution in [3.8, 4) is 0 Å². The number of hydrogen-bond acceptors (Lipinski definition) is 7. The van der Waals surface area contributed by atoms with Crippen molar-refractivity contribution >= 4 is 17.5 Å². The molecule has 1 saturated heterocycles. The number of hydrogen-bond donors (Lipinski definition) is 1. The van der Waals surface area contributed by atoms with E-state index in [0.29, 0.717) is 55.7 Å². The average Bonchev–Trinajstić information content (AvgIpc) is 3.31. The lowest BCUT2D eigenvalue weighted by Gasteiger charge is -2.39. The van der Waals surface area contributed by atoms with Crippen molar-refractivity contribution in [3.05, 3.63) is 65.6 Å². The molecular weight excluding hydrogens is 423 g/mol. The molecule has 1 atom stereocenters. The second-order valence-corrected chi connectivity index (χ2v) is 9.30. The quantitative estimate of drug-likeness (QED) is 0.620. The summed E-state index contributed by atoms with van der Waals surface area (Å²) in [5, 5.41) is 7.12. The van der Waals surface area contributed by atoms with Crippen molar-refractivity contribution in [2.75, 3.05) is 29.9 Å². The number of anilines is 2. The molecule has 1 N–H and O–H groups in total. The highest BCUT2D eigenvalue weighted by Gasteiger charge is 2.53. The van der Waals surface area contributed by atoms with Gasteiger partial charge in [-0.05, 0) is 31.2 Å². The van der Waals surface area contributed by atoms with Crippen LogP contribution in [0.3, 0.4) is 0 Å². The summed E-state index contributed by atoms with van der Waals surface area (Å²) in [5.41, 5.74) is 2.12. The number of rotatable bonds is 6. The number of amides is 1. The van der Waals surface area contributed by atoms with Crippen LogP contribution in [0.2, 0.25) is 0 Å². The predicted molar refractivity (Wildman–Crippen MR) is 119 cm³/mol. The second-order valence-electron chi connectivity index (χ2n) is 9.30. The lowest BCUT2D eigenvalue weighted by Crippen LogP contribution is -2.53. The highest BCUT2D eigenvalue weighted by molar-refractivity contribution is 6.03. The third-order valence-corrected chi connectivity index (χ3v) is 6.98. The van der Waals surface area contributed by atoms with Gasteiger partial charge in [0.2, 0.25) is 11.9 Å². The van der Waals surface area contributed by atoms with E-state index in [-0.39, 0.29) is 11.7 Å². The van der Waals surface area contributed by atoms with E-state index in [1.807, 2.05) is 12.3 Å². The molecule has 2 fully saturated rings. The standard InChI is InChI=1S/C24H25FN6O2/c25-20-4-2-1-3-17(20)12-30-8-7-24(15-30)21-18(10-27-23(29-21)26-9-16-5-6-16)13-31(22(24)32)19-11-28-33-14-19/h1-4,10-11,14,16H,5-9,12-13,15H2,(H,26,27,29)/t24-/m0/s1. The summed E-state index contributed by atoms with van der Waals surface area (Å²) in [5.74, 6) is 1.00. The molecular formula is C24H25FN6O2. The molecule has 8 nitrogen and oxygen atoms in total. The van der Waals surface area contributed by atoms with Crippen molar-refractivity contribution in [1.29, 1.82) is 0 Å². The van der Waals surface area contributed by atoms with Gasteiger partial charge in [-0.2, -0.15) is 0 Å². The van der Waals surface area contributed by atoms with E-state index in [0.717, 1.165) is 17.8 Å². The number of nitrogens with zero attached hydrogens (tertiary/aromatic N) is 5. The first-order valence-corrected chi connectivity index (χ1v) is 11.4. The van der Waals surface area contributed by atoms with Gasteiger partial charge in [0.1, 0.15) is 23.2 Å². The monoisotopic (exact) mass is 448 g/mol. The Labute approximate surface area is 190 Å². The van der Waals surface area contributed by atoms with Crippen molar-refractivity contribution in [2.24, 2.45) is 5.92 Å². The Morgan fingerprint density at radius 1 is 1.24 bits per heavy atom. The normalized spacial score (nSPS) is 22.7. The summed E-state index contributed by atoms with van der Waals surface area (Å²) < 4.78 is 19.3. The lowest BCUT2D eigenvalue weighted by atomic mass is 9.77. The van der Waals surface area contributed by atoms with Crippen molar-refractivity contribution in [3.63, 3.8) is 0 Å². The van der Waals surface area contributed by atoms with E-state index < -0.39 is 5.41 Å². The number of fused-ring (bicyclic) bond motifs is 2. The molecule has 1 saturated carbocycles. The van der Waals surface area contributed by atoms with Crippen LogP contribution in [0, 0.1) is 11.7 Å². The van der Waals surface area contributed by atoms with Gasteiger partial charge in [-0.25, -0.2) is 14.4 Å². The number of halogens is 1. The van der Waals surface area contributed by atoms with Crippen LogP contribution in [-0.4, -0.2) is 45.6 Å². The van der Waals surface area contributed by atoms with Gasteiger partial charge < -0.3 is 14.7 Å². The number of benzene rings is 1. The number of carbonyl (C=O) groups excluding carboxylic acids is 1. The first-order valence-electron chi connectivity index (χ1n) is 11.4. The lowest BCUT2D eigenvalue weighted by molar-refractivity contribution is -0.124. The van der Waals surface area contributed by atoms with E-state index in [4.69, 9.17) is 9.51 Å². The van der Waals surface area contributed by atoms with Crippen molar-refractivity contribution in [2.45, 2.75) is 37.8 Å². The number of likely N-dealkylation sites (tertiary alicyclic amines) is 1. The Morgan fingerprint density at radius 3 is 2.91 bits per heavy atom. The smallest absolute Gasteiger partial charge is 0.241 e. The summed E-state index contributed by atoms with van der Waals surface area (Å²) in [6.07, 6.45) is 7.93. The van der Waals surface area contributed by atoms with Crippen molar-refractivity contribution in [1.82, 2.24) is 20.0 Å². The van der Waals surface area contributed by atoms with E-state index in [1.165, 1.54) is 25.2 Å². The average molecular weight is 449 g/mol. The van der Waals surface area contributed by atoms with Crippen LogP contribution >= 0.6 is 0 Å². The highest BCUT2D eigenvalue weighted by atomic mass is 19.1. The molecule has 2 aromatic heterocycles. The molecule has 4 heterocycles. The molecule has 0 unspecified atom stereocenters. The maximum atomic E-state index is 14.3.